The van der Waals surface area contributed by atoms with Crippen molar-refractivity contribution in [3.8, 4) is 0 Å². The van der Waals surface area contributed by atoms with E-state index in [1.807, 2.05) is 35.2 Å². The van der Waals surface area contributed by atoms with Gasteiger partial charge >= 0.3 is 0 Å². The molecule has 3 aliphatic rings. The molecule has 2 heterocycles. The molecule has 2 aliphatic heterocycles. The molecule has 0 aromatic heterocycles. The van der Waals surface area contributed by atoms with E-state index < -0.39 is 0 Å². The molecule has 6 nitrogen and oxygen atoms in total. The average molecular weight is 424 g/mol. The number of likely N-dealkylation sites (tertiary alicyclic amines) is 1. The van der Waals surface area contributed by atoms with Gasteiger partial charge in [-0.15, -0.1) is 0 Å². The second kappa shape index (κ2) is 10.1. The van der Waals surface area contributed by atoms with Gasteiger partial charge in [-0.1, -0.05) is 29.8 Å². The molecule has 1 aromatic rings. The van der Waals surface area contributed by atoms with E-state index in [9.17, 15) is 14.4 Å². The highest BCUT2D eigenvalue weighted by molar-refractivity contribution is 6.00. The number of allylic oxidation sites excluding steroid dienone is 1. The largest absolute Gasteiger partial charge is 0.356 e. The summed E-state index contributed by atoms with van der Waals surface area (Å²) < 4.78 is 0. The minimum atomic E-state index is -0.290. The van der Waals surface area contributed by atoms with Crippen LogP contribution in [0.5, 0.6) is 0 Å². The van der Waals surface area contributed by atoms with Gasteiger partial charge in [0, 0.05) is 44.2 Å². The summed E-state index contributed by atoms with van der Waals surface area (Å²) in [5, 5.41) is 3.09. The molecule has 166 valence electrons. The third-order valence-electron chi connectivity index (χ3n) is 6.85. The lowest BCUT2D eigenvalue weighted by Gasteiger charge is -2.33. The average Bonchev–Trinajstić information content (AvgIpc) is 3.21. The molecule has 6 heteroatoms. The Balaban J connectivity index is 1.21. The van der Waals surface area contributed by atoms with E-state index in [1.165, 1.54) is 31.3 Å². The van der Waals surface area contributed by atoms with Crippen molar-refractivity contribution in [3.63, 3.8) is 0 Å². The van der Waals surface area contributed by atoms with Crippen molar-refractivity contribution in [3.05, 3.63) is 42.0 Å². The number of para-hydroxylation sites is 1. The highest BCUT2D eigenvalue weighted by Gasteiger charge is 2.38. The second-order valence-corrected chi connectivity index (χ2v) is 8.99. The molecule has 1 aromatic carbocycles. The van der Waals surface area contributed by atoms with Gasteiger partial charge in [0.2, 0.25) is 17.7 Å². The molecular weight excluding hydrogens is 390 g/mol. The van der Waals surface area contributed by atoms with Gasteiger partial charge in [-0.2, -0.15) is 0 Å². The molecule has 1 aliphatic carbocycles. The maximum absolute atomic E-state index is 13.0. The molecule has 0 bridgehead atoms. The lowest BCUT2D eigenvalue weighted by atomic mass is 9.94. The minimum Gasteiger partial charge on any atom is -0.356 e. The summed E-state index contributed by atoms with van der Waals surface area (Å²) in [7, 11) is 0. The van der Waals surface area contributed by atoms with Crippen molar-refractivity contribution in [1.29, 1.82) is 0 Å². The number of hydrogen-bond acceptors (Lipinski definition) is 3. The first-order valence-corrected chi connectivity index (χ1v) is 11.7. The number of nitrogens with zero attached hydrogens (tertiary/aromatic N) is 2. The van der Waals surface area contributed by atoms with Crippen LogP contribution < -0.4 is 10.2 Å². The van der Waals surface area contributed by atoms with Crippen LogP contribution in [-0.2, 0) is 14.4 Å². The number of rotatable bonds is 6. The molecule has 0 radical (unpaired) electrons. The fourth-order valence-corrected chi connectivity index (χ4v) is 4.97. The fourth-order valence-electron chi connectivity index (χ4n) is 4.97. The fraction of sp³-hybridized carbons (Fsp3) is 0.560. The van der Waals surface area contributed by atoms with E-state index in [0.717, 1.165) is 12.1 Å². The number of piperidine rings is 1. The molecule has 2 fully saturated rings. The molecule has 31 heavy (non-hydrogen) atoms. The van der Waals surface area contributed by atoms with E-state index >= 15 is 0 Å². The van der Waals surface area contributed by atoms with Crippen LogP contribution in [0.15, 0.2) is 42.0 Å². The summed E-state index contributed by atoms with van der Waals surface area (Å²) >= 11 is 0. The van der Waals surface area contributed by atoms with Gasteiger partial charge in [-0.25, -0.2) is 0 Å². The van der Waals surface area contributed by atoms with Crippen molar-refractivity contribution in [1.82, 2.24) is 10.2 Å². The Morgan fingerprint density at radius 3 is 2.52 bits per heavy atom. The van der Waals surface area contributed by atoms with Gasteiger partial charge < -0.3 is 15.1 Å². The van der Waals surface area contributed by atoms with Gasteiger partial charge in [-0.05, 0) is 57.1 Å². The Kier molecular flexibility index (Phi) is 7.05. The first-order chi connectivity index (χ1) is 15.1. The first kappa shape index (κ1) is 21.6. The van der Waals surface area contributed by atoms with Gasteiger partial charge in [0.25, 0.3) is 0 Å². The number of amides is 3. The zero-order valence-electron chi connectivity index (χ0n) is 18.2. The molecule has 1 atom stereocenters. The lowest BCUT2D eigenvalue weighted by molar-refractivity contribution is -0.139. The van der Waals surface area contributed by atoms with Crippen molar-refractivity contribution in [2.45, 2.75) is 51.4 Å². The summed E-state index contributed by atoms with van der Waals surface area (Å²) in [6.07, 6.45) is 9.83. The Bertz CT molecular complexity index is 828. The van der Waals surface area contributed by atoms with Crippen LogP contribution in [0.4, 0.5) is 5.69 Å². The number of carbonyl (C=O) groups is 3. The topological polar surface area (TPSA) is 69.7 Å². The number of anilines is 1. The Morgan fingerprint density at radius 2 is 1.81 bits per heavy atom. The maximum atomic E-state index is 13.0. The van der Waals surface area contributed by atoms with Crippen molar-refractivity contribution in [2.24, 2.45) is 11.8 Å². The van der Waals surface area contributed by atoms with Crippen LogP contribution in [0.1, 0.15) is 51.4 Å². The highest BCUT2D eigenvalue weighted by atomic mass is 16.2. The molecule has 1 N–H and O–H groups in total. The molecular formula is C25H33N3O3. The molecule has 2 saturated heterocycles. The van der Waals surface area contributed by atoms with E-state index in [-0.39, 0.29) is 36.0 Å². The monoisotopic (exact) mass is 423 g/mol. The quantitative estimate of drug-likeness (QED) is 0.714. The van der Waals surface area contributed by atoms with Crippen LogP contribution in [0.3, 0.4) is 0 Å². The minimum absolute atomic E-state index is 0.00638. The van der Waals surface area contributed by atoms with Crippen molar-refractivity contribution >= 4 is 23.4 Å². The number of hydrogen-bond donors (Lipinski definition) is 1. The van der Waals surface area contributed by atoms with E-state index in [1.54, 1.807) is 4.90 Å². The molecule has 1 unspecified atom stereocenters. The summed E-state index contributed by atoms with van der Waals surface area (Å²) in [6, 6.07) is 9.53. The van der Waals surface area contributed by atoms with E-state index in [4.69, 9.17) is 0 Å². The Morgan fingerprint density at radius 1 is 1.03 bits per heavy atom. The number of benzene rings is 1. The molecule has 4 rings (SSSR count). The van der Waals surface area contributed by atoms with Crippen LogP contribution >= 0.6 is 0 Å². The zero-order valence-corrected chi connectivity index (χ0v) is 18.2. The SMILES string of the molecule is O=C(NCCC1=CCCCC1)C1CCN(C(=O)C2CC(=O)N(c3ccccc3)C2)CC1. The predicted octanol–water partition coefficient (Wildman–Crippen LogP) is 3.28. The molecule has 0 spiro atoms. The maximum Gasteiger partial charge on any atom is 0.228 e. The molecule has 0 saturated carbocycles. The Labute approximate surface area is 184 Å². The van der Waals surface area contributed by atoms with Gasteiger partial charge in [0.05, 0.1) is 5.92 Å². The zero-order chi connectivity index (χ0) is 21.6. The summed E-state index contributed by atoms with van der Waals surface area (Å²) in [5.41, 5.74) is 2.32. The summed E-state index contributed by atoms with van der Waals surface area (Å²) in [4.78, 5) is 41.5. The predicted molar refractivity (Wildman–Crippen MR) is 120 cm³/mol. The van der Waals surface area contributed by atoms with Gasteiger partial charge in [-0.3, -0.25) is 14.4 Å². The van der Waals surface area contributed by atoms with Gasteiger partial charge in [0.15, 0.2) is 0 Å². The smallest absolute Gasteiger partial charge is 0.228 e. The number of nitrogens with one attached hydrogen (secondary N) is 1. The van der Waals surface area contributed by atoms with Crippen LogP contribution in [0.2, 0.25) is 0 Å². The van der Waals surface area contributed by atoms with Crippen LogP contribution in [0.25, 0.3) is 0 Å². The normalized spacial score (nSPS) is 22.4. The summed E-state index contributed by atoms with van der Waals surface area (Å²) in [6.45, 7) is 2.34. The van der Waals surface area contributed by atoms with E-state index in [0.29, 0.717) is 39.0 Å². The standard InChI is InChI=1S/C25H33N3O3/c29-23-17-21(18-28(23)22-9-5-2-6-10-22)25(31)27-15-12-20(13-16-27)24(30)26-14-11-19-7-3-1-4-8-19/h2,5-7,9-10,20-21H,1,3-4,8,11-18H2,(H,26,30). The lowest BCUT2D eigenvalue weighted by Crippen LogP contribution is -2.45. The summed E-state index contributed by atoms with van der Waals surface area (Å²) in [5.74, 6) is -0.131. The van der Waals surface area contributed by atoms with Crippen molar-refractivity contribution < 1.29 is 14.4 Å². The third-order valence-corrected chi connectivity index (χ3v) is 6.85. The van der Waals surface area contributed by atoms with Gasteiger partial charge in [0.1, 0.15) is 0 Å². The van der Waals surface area contributed by atoms with E-state index in [2.05, 4.69) is 11.4 Å². The number of carbonyl (C=O) groups excluding carboxylic acids is 3. The first-order valence-electron chi connectivity index (χ1n) is 11.7. The third kappa shape index (κ3) is 5.35. The second-order valence-electron chi connectivity index (χ2n) is 8.99. The van der Waals surface area contributed by atoms with Crippen molar-refractivity contribution in [2.75, 3.05) is 31.1 Å². The highest BCUT2D eigenvalue weighted by Crippen LogP contribution is 2.28. The molecule has 3 amide bonds. The Hall–Kier alpha value is -2.63. The van der Waals surface area contributed by atoms with Crippen LogP contribution in [-0.4, -0.2) is 48.8 Å². The van der Waals surface area contributed by atoms with Crippen LogP contribution in [0, 0.1) is 11.8 Å².